The van der Waals surface area contributed by atoms with Gasteiger partial charge in [-0.25, -0.2) is 9.18 Å². The van der Waals surface area contributed by atoms with Crippen LogP contribution in [0, 0.1) is 26.6 Å². The molecule has 0 aliphatic carbocycles. The molecule has 1 heterocycles. The molecule has 0 aliphatic heterocycles. The van der Waals surface area contributed by atoms with Crippen molar-refractivity contribution >= 4 is 11.8 Å². The van der Waals surface area contributed by atoms with Crippen LogP contribution in [0.1, 0.15) is 43.2 Å². The average Bonchev–Trinajstić information content (AvgIpc) is 2.99. The lowest BCUT2D eigenvalue weighted by atomic mass is 10.1. The molecule has 3 aromatic rings. The summed E-state index contributed by atoms with van der Waals surface area (Å²) >= 11 is 0. The Hall–Kier alpha value is -3.41. The van der Waals surface area contributed by atoms with Crippen molar-refractivity contribution in [2.24, 2.45) is 0 Å². The lowest BCUT2D eigenvalue weighted by Crippen LogP contribution is -2.15. The second-order valence-electron chi connectivity index (χ2n) is 7.33. The maximum absolute atomic E-state index is 13.1. The molecule has 2 aromatic carbocycles. The minimum absolute atomic E-state index is 0.0261. The maximum atomic E-state index is 13.1. The van der Waals surface area contributed by atoms with Gasteiger partial charge in [0, 0.05) is 23.5 Å². The van der Waals surface area contributed by atoms with E-state index in [1.807, 2.05) is 18.4 Å². The highest BCUT2D eigenvalue weighted by Crippen LogP contribution is 2.20. The summed E-state index contributed by atoms with van der Waals surface area (Å²) in [6.45, 7) is 5.79. The van der Waals surface area contributed by atoms with Crippen molar-refractivity contribution in [3.05, 3.63) is 88.0 Å². The Morgan fingerprint density at radius 2 is 1.70 bits per heavy atom. The minimum atomic E-state index is -0.744. The summed E-state index contributed by atoms with van der Waals surface area (Å²) in [5, 5.41) is 9.89. The first-order valence-electron chi connectivity index (χ1n) is 9.67. The fourth-order valence-corrected chi connectivity index (χ4v) is 3.42. The lowest BCUT2D eigenvalue weighted by molar-refractivity contribution is 0.0471. The largest absolute Gasteiger partial charge is 0.507 e. The summed E-state index contributed by atoms with van der Waals surface area (Å²) < 4.78 is 20.2. The molecule has 0 bridgehead atoms. The number of esters is 1. The average molecular weight is 409 g/mol. The third kappa shape index (κ3) is 4.76. The molecule has 0 spiro atoms. The van der Waals surface area contributed by atoms with Crippen molar-refractivity contribution in [2.45, 2.75) is 33.7 Å². The lowest BCUT2D eigenvalue weighted by Gasteiger charge is -2.10. The van der Waals surface area contributed by atoms with Crippen molar-refractivity contribution in [2.75, 3.05) is 6.61 Å². The molecular formula is C24H24FNO4. The number of carbonyl (C=O) groups excluding carboxylic acids is 2. The Kier molecular flexibility index (Phi) is 6.35. The third-order valence-corrected chi connectivity index (χ3v) is 5.12. The van der Waals surface area contributed by atoms with Crippen LogP contribution >= 0.6 is 0 Å². The zero-order valence-electron chi connectivity index (χ0n) is 17.2. The first kappa shape index (κ1) is 21.3. The monoisotopic (exact) mass is 409 g/mol. The number of benzene rings is 2. The molecule has 3 rings (SSSR count). The Bertz CT molecular complexity index is 1080. The van der Waals surface area contributed by atoms with E-state index < -0.39 is 12.6 Å². The number of nitrogens with zero attached hydrogens (tertiary/aromatic N) is 1. The van der Waals surface area contributed by atoms with Crippen LogP contribution < -0.4 is 0 Å². The number of rotatable bonds is 7. The van der Waals surface area contributed by atoms with E-state index in [4.69, 9.17) is 4.74 Å². The predicted molar refractivity (Wildman–Crippen MR) is 111 cm³/mol. The summed E-state index contributed by atoms with van der Waals surface area (Å²) in [5.74, 6) is -1.50. The highest BCUT2D eigenvalue weighted by atomic mass is 19.1. The number of ether oxygens (including phenoxy) is 1. The van der Waals surface area contributed by atoms with Gasteiger partial charge in [-0.05, 0) is 68.7 Å². The van der Waals surface area contributed by atoms with Crippen molar-refractivity contribution in [3.63, 3.8) is 0 Å². The van der Waals surface area contributed by atoms with E-state index in [0.29, 0.717) is 18.5 Å². The van der Waals surface area contributed by atoms with Crippen LogP contribution in [0.25, 0.3) is 0 Å². The van der Waals surface area contributed by atoms with Crippen molar-refractivity contribution < 1.29 is 23.8 Å². The molecule has 0 fully saturated rings. The van der Waals surface area contributed by atoms with Crippen molar-refractivity contribution in [1.82, 2.24) is 4.57 Å². The van der Waals surface area contributed by atoms with Gasteiger partial charge in [0.1, 0.15) is 17.1 Å². The molecule has 1 aromatic heterocycles. The van der Waals surface area contributed by atoms with Gasteiger partial charge in [0.25, 0.3) is 0 Å². The topological polar surface area (TPSA) is 68.5 Å². The normalized spacial score (nSPS) is 10.8. The Balaban J connectivity index is 1.65. The molecule has 0 amide bonds. The van der Waals surface area contributed by atoms with Gasteiger partial charge in [0.15, 0.2) is 6.61 Å². The second kappa shape index (κ2) is 8.95. The fraction of sp³-hybridized carbons (Fsp3) is 0.250. The van der Waals surface area contributed by atoms with Crippen LogP contribution in [0.3, 0.4) is 0 Å². The SMILES string of the molecule is Cc1ccc(C(=O)OCC(=O)c2cc(C)n(CCc3ccc(F)cc3)c2C)c(O)c1. The Morgan fingerprint density at radius 3 is 2.37 bits per heavy atom. The van der Waals surface area contributed by atoms with Gasteiger partial charge in [-0.15, -0.1) is 0 Å². The van der Waals surface area contributed by atoms with Gasteiger partial charge < -0.3 is 14.4 Å². The first-order chi connectivity index (χ1) is 14.3. The Labute approximate surface area is 174 Å². The van der Waals surface area contributed by atoms with Crippen molar-refractivity contribution in [3.8, 4) is 5.75 Å². The van der Waals surface area contributed by atoms with E-state index in [0.717, 1.165) is 22.5 Å². The van der Waals surface area contributed by atoms with Gasteiger partial charge in [-0.1, -0.05) is 18.2 Å². The van der Waals surface area contributed by atoms with E-state index in [9.17, 15) is 19.1 Å². The molecule has 1 N–H and O–H groups in total. The zero-order valence-corrected chi connectivity index (χ0v) is 17.2. The highest BCUT2D eigenvalue weighted by molar-refractivity contribution is 6.01. The number of Topliss-reactive ketones (excluding diaryl/α,β-unsaturated/α-hetero) is 1. The van der Waals surface area contributed by atoms with Gasteiger partial charge in [0.05, 0.1) is 0 Å². The van der Waals surface area contributed by atoms with Gasteiger partial charge >= 0.3 is 5.97 Å². The fourth-order valence-electron chi connectivity index (χ4n) is 3.42. The molecule has 0 atom stereocenters. The summed E-state index contributed by atoms with van der Waals surface area (Å²) in [6, 6.07) is 12.8. The van der Waals surface area contributed by atoms with Crippen LogP contribution in [0.4, 0.5) is 4.39 Å². The van der Waals surface area contributed by atoms with Crippen molar-refractivity contribution in [1.29, 1.82) is 0 Å². The molecule has 0 radical (unpaired) electrons. The highest BCUT2D eigenvalue weighted by Gasteiger charge is 2.19. The molecule has 156 valence electrons. The van der Waals surface area contributed by atoms with E-state index in [1.54, 1.807) is 31.2 Å². The van der Waals surface area contributed by atoms with Crippen LogP contribution in [0.2, 0.25) is 0 Å². The Morgan fingerprint density at radius 1 is 1.00 bits per heavy atom. The number of hydrogen-bond donors (Lipinski definition) is 1. The van der Waals surface area contributed by atoms with Crippen LogP contribution in [0.15, 0.2) is 48.5 Å². The van der Waals surface area contributed by atoms with Crippen LogP contribution in [0.5, 0.6) is 5.75 Å². The smallest absolute Gasteiger partial charge is 0.342 e. The van der Waals surface area contributed by atoms with Crippen LogP contribution in [-0.4, -0.2) is 28.0 Å². The van der Waals surface area contributed by atoms with Gasteiger partial charge in [-0.2, -0.15) is 0 Å². The first-order valence-corrected chi connectivity index (χ1v) is 9.67. The number of aromatic hydroxyl groups is 1. The summed E-state index contributed by atoms with van der Waals surface area (Å²) in [6.07, 6.45) is 0.700. The zero-order chi connectivity index (χ0) is 21.8. The van der Waals surface area contributed by atoms with E-state index >= 15 is 0 Å². The molecule has 0 aliphatic rings. The molecule has 30 heavy (non-hydrogen) atoms. The number of hydrogen-bond acceptors (Lipinski definition) is 4. The summed E-state index contributed by atoms with van der Waals surface area (Å²) in [4.78, 5) is 24.8. The molecule has 6 heteroatoms. The molecule has 0 unspecified atom stereocenters. The molecule has 0 saturated heterocycles. The number of carbonyl (C=O) groups is 2. The number of halogens is 1. The van der Waals surface area contributed by atoms with Gasteiger partial charge in [0.2, 0.25) is 5.78 Å². The third-order valence-electron chi connectivity index (χ3n) is 5.12. The van der Waals surface area contributed by atoms with E-state index in [2.05, 4.69) is 0 Å². The number of phenols is 1. The molecular weight excluding hydrogens is 385 g/mol. The van der Waals surface area contributed by atoms with E-state index in [1.165, 1.54) is 24.3 Å². The molecule has 5 nitrogen and oxygen atoms in total. The standard InChI is InChI=1S/C24H24FNO4/c1-15-4-9-20(22(27)12-15)24(29)30-14-23(28)21-13-16(2)26(17(21)3)11-10-18-5-7-19(25)8-6-18/h4-9,12-13,27H,10-11,14H2,1-3H3. The quantitative estimate of drug-likeness (QED) is 0.460. The summed E-state index contributed by atoms with van der Waals surface area (Å²) in [7, 11) is 0. The second-order valence-corrected chi connectivity index (χ2v) is 7.33. The number of aryl methyl sites for hydroxylation is 3. The maximum Gasteiger partial charge on any atom is 0.342 e. The van der Waals surface area contributed by atoms with E-state index in [-0.39, 0.29) is 22.9 Å². The number of aromatic nitrogens is 1. The minimum Gasteiger partial charge on any atom is -0.507 e. The summed E-state index contributed by atoms with van der Waals surface area (Å²) in [5.41, 5.74) is 4.04. The predicted octanol–water partition coefficient (Wildman–Crippen LogP) is 4.54. The van der Waals surface area contributed by atoms with Crippen LogP contribution in [-0.2, 0) is 17.7 Å². The number of phenolic OH excluding ortho intramolecular Hbond substituents is 1. The molecule has 0 saturated carbocycles. The van der Waals surface area contributed by atoms with Gasteiger partial charge in [-0.3, -0.25) is 4.79 Å². The number of ketones is 1.